The molecule has 0 fully saturated rings. The van der Waals surface area contributed by atoms with Crippen LogP contribution >= 0.6 is 0 Å². The van der Waals surface area contributed by atoms with Gasteiger partial charge in [0.1, 0.15) is 18.2 Å². The Kier molecular flexibility index (Phi) is 4.40. The van der Waals surface area contributed by atoms with Gasteiger partial charge in [0.15, 0.2) is 0 Å². The van der Waals surface area contributed by atoms with Crippen LogP contribution in [0.25, 0.3) is 0 Å². The van der Waals surface area contributed by atoms with E-state index in [0.29, 0.717) is 6.61 Å². The molecule has 3 heteroatoms. The van der Waals surface area contributed by atoms with Gasteiger partial charge in [-0.2, -0.15) is 0 Å². The second kappa shape index (κ2) is 6.06. The third kappa shape index (κ3) is 3.17. The summed E-state index contributed by atoms with van der Waals surface area (Å²) in [7, 11) is 0. The molecule has 0 saturated heterocycles. The van der Waals surface area contributed by atoms with Crippen LogP contribution < -0.4 is 4.74 Å². The Balaban J connectivity index is 2.19. The van der Waals surface area contributed by atoms with Gasteiger partial charge in [0.2, 0.25) is 0 Å². The third-order valence-corrected chi connectivity index (χ3v) is 3.38. The highest BCUT2D eigenvalue weighted by molar-refractivity contribution is 5.43. The first-order valence-electron chi connectivity index (χ1n) is 6.60. The van der Waals surface area contributed by atoms with Gasteiger partial charge in [-0.15, -0.1) is 0 Å². The molecule has 106 valence electrons. The first kappa shape index (κ1) is 14.5. The van der Waals surface area contributed by atoms with Gasteiger partial charge >= 0.3 is 0 Å². The number of hydrogen-bond acceptors (Lipinski definition) is 2. The minimum Gasteiger partial charge on any atom is -0.488 e. The van der Waals surface area contributed by atoms with E-state index in [1.54, 1.807) is 6.07 Å². The average Bonchev–Trinajstić information content (AvgIpc) is 2.39. The molecule has 0 aliphatic rings. The van der Waals surface area contributed by atoms with E-state index in [-0.39, 0.29) is 12.4 Å². The van der Waals surface area contributed by atoms with Crippen molar-refractivity contribution in [2.75, 3.05) is 0 Å². The molecule has 0 aromatic heterocycles. The number of halogens is 1. The fourth-order valence-corrected chi connectivity index (χ4v) is 2.33. The number of hydrogen-bond donors (Lipinski definition) is 1. The Morgan fingerprint density at radius 2 is 1.65 bits per heavy atom. The van der Waals surface area contributed by atoms with Gasteiger partial charge in [-0.05, 0) is 60.7 Å². The molecule has 0 spiro atoms. The van der Waals surface area contributed by atoms with Crippen molar-refractivity contribution in [3.8, 4) is 5.75 Å². The fourth-order valence-electron chi connectivity index (χ4n) is 2.33. The van der Waals surface area contributed by atoms with Crippen LogP contribution in [0.5, 0.6) is 5.75 Å². The molecule has 0 atom stereocenters. The van der Waals surface area contributed by atoms with Crippen LogP contribution in [-0.2, 0) is 13.2 Å². The molecule has 0 saturated carbocycles. The molecule has 0 radical (unpaired) electrons. The minimum atomic E-state index is -0.231. The van der Waals surface area contributed by atoms with Crippen LogP contribution in [0.1, 0.15) is 27.8 Å². The molecule has 2 aromatic rings. The van der Waals surface area contributed by atoms with E-state index in [1.165, 1.54) is 12.1 Å². The monoisotopic (exact) mass is 274 g/mol. The molecule has 0 amide bonds. The van der Waals surface area contributed by atoms with Gasteiger partial charge < -0.3 is 9.84 Å². The van der Waals surface area contributed by atoms with Crippen molar-refractivity contribution in [1.82, 2.24) is 0 Å². The number of benzene rings is 2. The smallest absolute Gasteiger partial charge is 0.125 e. The molecular formula is C17H19FO2. The summed E-state index contributed by atoms with van der Waals surface area (Å²) in [6.45, 7) is 6.22. The first-order chi connectivity index (χ1) is 9.51. The quantitative estimate of drug-likeness (QED) is 0.918. The summed E-state index contributed by atoms with van der Waals surface area (Å²) in [6.07, 6.45) is 0. The number of aryl methyl sites for hydroxylation is 3. The van der Waals surface area contributed by atoms with E-state index >= 15 is 0 Å². The molecule has 2 rings (SSSR count). The van der Waals surface area contributed by atoms with Gasteiger partial charge in [0.25, 0.3) is 0 Å². The lowest BCUT2D eigenvalue weighted by Crippen LogP contribution is -2.02. The first-order valence-corrected chi connectivity index (χ1v) is 6.60. The van der Waals surface area contributed by atoms with Gasteiger partial charge in [-0.25, -0.2) is 4.39 Å². The maximum atomic E-state index is 13.1. The van der Waals surface area contributed by atoms with E-state index in [0.717, 1.165) is 33.6 Å². The average molecular weight is 274 g/mol. The lowest BCUT2D eigenvalue weighted by molar-refractivity contribution is 0.280. The summed E-state index contributed by atoms with van der Waals surface area (Å²) < 4.78 is 18.9. The van der Waals surface area contributed by atoms with Gasteiger partial charge in [-0.1, -0.05) is 18.2 Å². The van der Waals surface area contributed by atoms with Crippen LogP contribution in [0.4, 0.5) is 4.39 Å². The van der Waals surface area contributed by atoms with E-state index < -0.39 is 0 Å². The van der Waals surface area contributed by atoms with Gasteiger partial charge in [0, 0.05) is 0 Å². The zero-order valence-corrected chi connectivity index (χ0v) is 12.0. The molecule has 0 unspecified atom stereocenters. The summed E-state index contributed by atoms with van der Waals surface area (Å²) >= 11 is 0. The highest BCUT2D eigenvalue weighted by atomic mass is 19.1. The Hall–Kier alpha value is -1.87. The van der Waals surface area contributed by atoms with Crippen LogP contribution in [0, 0.1) is 26.6 Å². The summed E-state index contributed by atoms with van der Waals surface area (Å²) in [5, 5.41) is 9.17. The van der Waals surface area contributed by atoms with Crippen LogP contribution in [0.3, 0.4) is 0 Å². The number of rotatable bonds is 4. The summed E-state index contributed by atoms with van der Waals surface area (Å²) in [5.41, 5.74) is 4.72. The standard InChI is InChI=1S/C17H19FO2/c1-11-8-16(18)5-4-15(11)10-20-17-12(2)6-14(9-19)7-13(17)3/h4-8,19H,9-10H2,1-3H3. The molecule has 0 aliphatic carbocycles. The highest BCUT2D eigenvalue weighted by Crippen LogP contribution is 2.26. The van der Waals surface area contributed by atoms with E-state index in [2.05, 4.69) is 0 Å². The third-order valence-electron chi connectivity index (χ3n) is 3.38. The number of ether oxygens (including phenoxy) is 1. The largest absolute Gasteiger partial charge is 0.488 e. The van der Waals surface area contributed by atoms with Crippen molar-refractivity contribution in [3.63, 3.8) is 0 Å². The molecule has 0 heterocycles. The van der Waals surface area contributed by atoms with Crippen LogP contribution in [0.15, 0.2) is 30.3 Å². The second-order valence-corrected chi connectivity index (χ2v) is 5.08. The molecule has 20 heavy (non-hydrogen) atoms. The Bertz CT molecular complexity index is 597. The highest BCUT2D eigenvalue weighted by Gasteiger charge is 2.08. The van der Waals surface area contributed by atoms with Crippen molar-refractivity contribution in [1.29, 1.82) is 0 Å². The molecule has 0 bridgehead atoms. The lowest BCUT2D eigenvalue weighted by Gasteiger charge is -2.14. The predicted molar refractivity (Wildman–Crippen MR) is 77.3 cm³/mol. The Morgan fingerprint density at radius 1 is 1.00 bits per heavy atom. The van der Waals surface area contributed by atoms with E-state index in [9.17, 15) is 9.50 Å². The van der Waals surface area contributed by atoms with Crippen molar-refractivity contribution < 1.29 is 14.2 Å². The van der Waals surface area contributed by atoms with Crippen molar-refractivity contribution in [2.45, 2.75) is 34.0 Å². The maximum Gasteiger partial charge on any atom is 0.125 e. The Morgan fingerprint density at radius 3 is 2.20 bits per heavy atom. The van der Waals surface area contributed by atoms with Crippen molar-refractivity contribution in [3.05, 3.63) is 64.0 Å². The minimum absolute atomic E-state index is 0.0268. The molecular weight excluding hydrogens is 255 g/mol. The fraction of sp³-hybridized carbons (Fsp3) is 0.294. The van der Waals surface area contributed by atoms with E-state index in [4.69, 9.17) is 4.74 Å². The normalized spacial score (nSPS) is 10.7. The zero-order valence-electron chi connectivity index (χ0n) is 12.0. The summed E-state index contributed by atoms with van der Waals surface area (Å²) in [6, 6.07) is 8.53. The second-order valence-electron chi connectivity index (χ2n) is 5.08. The van der Waals surface area contributed by atoms with Crippen molar-refractivity contribution >= 4 is 0 Å². The Labute approximate surface area is 118 Å². The number of aliphatic hydroxyl groups is 1. The van der Waals surface area contributed by atoms with Gasteiger partial charge in [0.05, 0.1) is 6.61 Å². The molecule has 2 nitrogen and oxygen atoms in total. The molecule has 1 N–H and O–H groups in total. The molecule has 2 aromatic carbocycles. The van der Waals surface area contributed by atoms with Crippen LogP contribution in [0.2, 0.25) is 0 Å². The van der Waals surface area contributed by atoms with Gasteiger partial charge in [-0.3, -0.25) is 0 Å². The lowest BCUT2D eigenvalue weighted by atomic mass is 10.1. The van der Waals surface area contributed by atoms with Crippen molar-refractivity contribution in [2.24, 2.45) is 0 Å². The van der Waals surface area contributed by atoms with Crippen LogP contribution in [-0.4, -0.2) is 5.11 Å². The summed E-state index contributed by atoms with van der Waals surface area (Å²) in [4.78, 5) is 0. The molecule has 0 aliphatic heterocycles. The summed E-state index contributed by atoms with van der Waals surface area (Å²) in [5.74, 6) is 0.594. The predicted octanol–water partition coefficient (Wildman–Crippen LogP) is 3.82. The topological polar surface area (TPSA) is 29.5 Å². The zero-order chi connectivity index (χ0) is 14.7. The SMILES string of the molecule is Cc1cc(F)ccc1COc1c(C)cc(CO)cc1C. The van der Waals surface area contributed by atoms with E-state index in [1.807, 2.05) is 32.9 Å². The maximum absolute atomic E-state index is 13.1. The number of aliphatic hydroxyl groups excluding tert-OH is 1.